The zero-order valence-corrected chi connectivity index (χ0v) is 6.38. The smallest absolute Gasteiger partial charge is 0.160 e. The van der Waals surface area contributed by atoms with Crippen LogP contribution in [0.1, 0.15) is 26.2 Å². The summed E-state index contributed by atoms with van der Waals surface area (Å²) in [5.74, 6) is 0.713. The topological polar surface area (TPSA) is 18.5 Å². The molecule has 58 valence electrons. The molecule has 0 saturated carbocycles. The average Bonchev–Trinajstić information content (AvgIpc) is 2.42. The Bertz CT molecular complexity index is 112. The van der Waals surface area contributed by atoms with Crippen molar-refractivity contribution in [3.05, 3.63) is 0 Å². The van der Waals surface area contributed by atoms with Crippen molar-refractivity contribution in [1.82, 2.24) is 0 Å². The standard InChI is InChI=1S/C8H14O2/c1-2-7-5-6-3-4-9-8(6)10-7/h6-8H,2-5H2,1H3. The summed E-state index contributed by atoms with van der Waals surface area (Å²) in [4.78, 5) is 0. The van der Waals surface area contributed by atoms with E-state index in [1.54, 1.807) is 0 Å². The van der Waals surface area contributed by atoms with Crippen molar-refractivity contribution in [2.45, 2.75) is 38.6 Å². The van der Waals surface area contributed by atoms with Crippen molar-refractivity contribution >= 4 is 0 Å². The highest BCUT2D eigenvalue weighted by molar-refractivity contribution is 4.80. The van der Waals surface area contributed by atoms with Gasteiger partial charge in [0, 0.05) is 5.92 Å². The highest BCUT2D eigenvalue weighted by Crippen LogP contribution is 2.35. The Balaban J connectivity index is 1.94. The number of fused-ring (bicyclic) bond motifs is 1. The largest absolute Gasteiger partial charge is 0.352 e. The Labute approximate surface area is 61.5 Å². The number of ether oxygens (including phenoxy) is 2. The molecule has 0 aromatic heterocycles. The third kappa shape index (κ3) is 0.956. The lowest BCUT2D eigenvalue weighted by atomic mass is 10.0. The van der Waals surface area contributed by atoms with Gasteiger partial charge in [-0.05, 0) is 19.3 Å². The lowest BCUT2D eigenvalue weighted by Gasteiger charge is -2.08. The van der Waals surface area contributed by atoms with Crippen molar-refractivity contribution in [1.29, 1.82) is 0 Å². The molecule has 0 aromatic rings. The summed E-state index contributed by atoms with van der Waals surface area (Å²) in [6.45, 7) is 3.08. The second kappa shape index (κ2) is 2.51. The Morgan fingerprint density at radius 3 is 3.10 bits per heavy atom. The van der Waals surface area contributed by atoms with Gasteiger partial charge in [0.15, 0.2) is 6.29 Å². The van der Waals surface area contributed by atoms with Gasteiger partial charge < -0.3 is 9.47 Å². The first-order valence-electron chi connectivity index (χ1n) is 4.17. The molecule has 2 aliphatic rings. The maximum atomic E-state index is 5.61. The van der Waals surface area contributed by atoms with E-state index in [4.69, 9.17) is 9.47 Å². The van der Waals surface area contributed by atoms with E-state index >= 15 is 0 Å². The van der Waals surface area contributed by atoms with Crippen molar-refractivity contribution in [3.63, 3.8) is 0 Å². The predicted molar refractivity (Wildman–Crippen MR) is 37.6 cm³/mol. The first-order chi connectivity index (χ1) is 4.90. The minimum Gasteiger partial charge on any atom is -0.352 e. The number of rotatable bonds is 1. The van der Waals surface area contributed by atoms with E-state index < -0.39 is 0 Å². The van der Waals surface area contributed by atoms with Crippen LogP contribution in [0.15, 0.2) is 0 Å². The van der Waals surface area contributed by atoms with Crippen molar-refractivity contribution in [3.8, 4) is 0 Å². The molecule has 2 aliphatic heterocycles. The molecule has 0 N–H and O–H groups in total. The Hall–Kier alpha value is -0.0800. The molecule has 2 rings (SSSR count). The van der Waals surface area contributed by atoms with E-state index in [0.29, 0.717) is 12.0 Å². The second-order valence-corrected chi connectivity index (χ2v) is 3.19. The van der Waals surface area contributed by atoms with Gasteiger partial charge >= 0.3 is 0 Å². The summed E-state index contributed by atoms with van der Waals surface area (Å²) in [5.41, 5.74) is 0. The highest BCUT2D eigenvalue weighted by atomic mass is 16.7. The fourth-order valence-electron chi connectivity index (χ4n) is 1.83. The molecule has 3 unspecified atom stereocenters. The molecule has 2 heterocycles. The minimum atomic E-state index is 0.157. The normalized spacial score (nSPS) is 45.9. The van der Waals surface area contributed by atoms with Crippen molar-refractivity contribution < 1.29 is 9.47 Å². The maximum Gasteiger partial charge on any atom is 0.160 e. The summed E-state index contributed by atoms with van der Waals surface area (Å²) in [6.07, 6.45) is 4.21. The Morgan fingerprint density at radius 2 is 2.40 bits per heavy atom. The van der Waals surface area contributed by atoms with Gasteiger partial charge in [-0.25, -0.2) is 0 Å². The van der Waals surface area contributed by atoms with E-state index in [-0.39, 0.29) is 6.29 Å². The van der Waals surface area contributed by atoms with Crippen LogP contribution < -0.4 is 0 Å². The second-order valence-electron chi connectivity index (χ2n) is 3.19. The molecule has 2 nitrogen and oxygen atoms in total. The van der Waals surface area contributed by atoms with E-state index in [2.05, 4.69) is 6.92 Å². The summed E-state index contributed by atoms with van der Waals surface area (Å²) in [5, 5.41) is 0. The fraction of sp³-hybridized carbons (Fsp3) is 1.00. The summed E-state index contributed by atoms with van der Waals surface area (Å²) in [7, 11) is 0. The van der Waals surface area contributed by atoms with Crippen LogP contribution in [-0.4, -0.2) is 19.0 Å². The van der Waals surface area contributed by atoms with Crippen LogP contribution in [0.2, 0.25) is 0 Å². The quantitative estimate of drug-likeness (QED) is 0.553. The van der Waals surface area contributed by atoms with Gasteiger partial charge in [0.2, 0.25) is 0 Å². The van der Waals surface area contributed by atoms with Gasteiger partial charge in [-0.3, -0.25) is 0 Å². The molecular formula is C8H14O2. The lowest BCUT2D eigenvalue weighted by molar-refractivity contribution is -0.116. The zero-order chi connectivity index (χ0) is 6.97. The molecule has 3 atom stereocenters. The Morgan fingerprint density at radius 1 is 1.50 bits per heavy atom. The molecule has 10 heavy (non-hydrogen) atoms. The molecule has 2 saturated heterocycles. The van der Waals surface area contributed by atoms with Crippen molar-refractivity contribution in [2.24, 2.45) is 5.92 Å². The lowest BCUT2D eigenvalue weighted by Crippen LogP contribution is -2.11. The Kier molecular flexibility index (Phi) is 1.66. The predicted octanol–water partition coefficient (Wildman–Crippen LogP) is 1.55. The van der Waals surface area contributed by atoms with Crippen LogP contribution in [0.25, 0.3) is 0 Å². The van der Waals surface area contributed by atoms with Gasteiger partial charge in [0.05, 0.1) is 12.7 Å². The van der Waals surface area contributed by atoms with Gasteiger partial charge in [0.25, 0.3) is 0 Å². The molecule has 0 amide bonds. The SMILES string of the molecule is CCC1CC2CCOC2O1. The van der Waals surface area contributed by atoms with Crippen molar-refractivity contribution in [2.75, 3.05) is 6.61 Å². The third-order valence-corrected chi connectivity index (χ3v) is 2.50. The number of hydrogen-bond donors (Lipinski definition) is 0. The van der Waals surface area contributed by atoms with Crippen LogP contribution in [0.5, 0.6) is 0 Å². The minimum absolute atomic E-state index is 0.157. The zero-order valence-electron chi connectivity index (χ0n) is 6.38. The van der Waals surface area contributed by atoms with Crippen LogP contribution >= 0.6 is 0 Å². The van der Waals surface area contributed by atoms with Gasteiger partial charge in [-0.2, -0.15) is 0 Å². The molecule has 0 aliphatic carbocycles. The molecule has 2 heteroatoms. The van der Waals surface area contributed by atoms with Gasteiger partial charge in [-0.15, -0.1) is 0 Å². The van der Waals surface area contributed by atoms with E-state index in [1.807, 2.05) is 0 Å². The first kappa shape index (κ1) is 6.62. The van der Waals surface area contributed by atoms with Gasteiger partial charge in [-0.1, -0.05) is 6.92 Å². The third-order valence-electron chi connectivity index (χ3n) is 2.50. The van der Waals surface area contributed by atoms with Crippen LogP contribution in [0, 0.1) is 5.92 Å². The first-order valence-corrected chi connectivity index (χ1v) is 4.17. The van der Waals surface area contributed by atoms with Crippen LogP contribution in [0.4, 0.5) is 0 Å². The monoisotopic (exact) mass is 142 g/mol. The maximum absolute atomic E-state index is 5.61. The summed E-state index contributed by atoms with van der Waals surface area (Å²) in [6, 6.07) is 0. The van der Waals surface area contributed by atoms with E-state index in [1.165, 1.54) is 12.8 Å². The molecule has 0 radical (unpaired) electrons. The van der Waals surface area contributed by atoms with Crippen LogP contribution in [0.3, 0.4) is 0 Å². The molecular weight excluding hydrogens is 128 g/mol. The van der Waals surface area contributed by atoms with Crippen LogP contribution in [-0.2, 0) is 9.47 Å². The van der Waals surface area contributed by atoms with Gasteiger partial charge in [0.1, 0.15) is 0 Å². The highest BCUT2D eigenvalue weighted by Gasteiger charge is 2.38. The number of hydrogen-bond acceptors (Lipinski definition) is 2. The van der Waals surface area contributed by atoms with E-state index in [9.17, 15) is 0 Å². The summed E-state index contributed by atoms with van der Waals surface area (Å²) >= 11 is 0. The molecule has 2 fully saturated rings. The van der Waals surface area contributed by atoms with E-state index in [0.717, 1.165) is 13.0 Å². The summed E-state index contributed by atoms with van der Waals surface area (Å²) < 4.78 is 11.0. The average molecular weight is 142 g/mol. The molecule has 0 spiro atoms. The molecule has 0 aromatic carbocycles. The fourth-order valence-corrected chi connectivity index (χ4v) is 1.83. The molecule has 0 bridgehead atoms.